The maximum atomic E-state index is 12.7. The van der Waals surface area contributed by atoms with Gasteiger partial charge in [-0.3, -0.25) is 0 Å². The van der Waals surface area contributed by atoms with E-state index in [9.17, 15) is 18.0 Å². The van der Waals surface area contributed by atoms with Crippen LogP contribution in [0.15, 0.2) is 24.4 Å². The van der Waals surface area contributed by atoms with E-state index in [-0.39, 0.29) is 36.8 Å². The summed E-state index contributed by atoms with van der Waals surface area (Å²) in [6.45, 7) is 2.45. The molecule has 0 bridgehead atoms. The summed E-state index contributed by atoms with van der Waals surface area (Å²) >= 11 is 5.94. The van der Waals surface area contributed by atoms with Crippen molar-refractivity contribution in [3.05, 3.63) is 51.8 Å². The fourth-order valence-electron chi connectivity index (χ4n) is 2.96. The van der Waals surface area contributed by atoms with E-state index < -0.39 is 11.7 Å². The number of hydrogen-bond donors (Lipinski definition) is 3. The Kier molecular flexibility index (Phi) is 6.67. The average Bonchev–Trinajstić information content (AvgIpc) is 2.71. The van der Waals surface area contributed by atoms with Gasteiger partial charge >= 0.3 is 12.2 Å². The molecule has 0 fully saturated rings. The fourth-order valence-corrected chi connectivity index (χ4v) is 3.21. The highest BCUT2D eigenvalue weighted by molar-refractivity contribution is 6.31. The molecule has 3 rings (SSSR count). The number of amides is 2. The van der Waals surface area contributed by atoms with E-state index in [1.165, 1.54) is 6.07 Å². The van der Waals surface area contributed by atoms with Gasteiger partial charge in [-0.2, -0.15) is 13.2 Å². The first-order chi connectivity index (χ1) is 14.2. The molecule has 0 aliphatic carbocycles. The van der Waals surface area contributed by atoms with Gasteiger partial charge in [0.25, 0.3) is 0 Å². The number of nitrogens with one attached hydrogen (secondary N) is 2. The lowest BCUT2D eigenvalue weighted by atomic mass is 10.1. The number of rotatable bonds is 5. The number of carbonyl (C=O) groups excluding carboxylic acids is 1. The lowest BCUT2D eigenvalue weighted by Gasteiger charge is -2.28. The number of halogens is 4. The van der Waals surface area contributed by atoms with Gasteiger partial charge in [0, 0.05) is 30.4 Å². The number of nitrogens with zero attached hydrogens (tertiary/aromatic N) is 3. The monoisotopic (exact) mass is 443 g/mol. The molecule has 0 saturated carbocycles. The minimum atomic E-state index is -4.48. The molecule has 2 aromatic rings. The Balaban J connectivity index is 1.62. The first kappa shape index (κ1) is 22.1. The molecule has 0 saturated heterocycles. The predicted molar refractivity (Wildman–Crippen MR) is 105 cm³/mol. The standard InChI is InChI=1S/C19H21ClF3N5O2/c1-11(10-29)26-17-24-8-13-4-5-28(9-16(13)27-17)18(30)25-7-12-2-3-14(6-15(12)20)19(21,22)23/h2-3,6,8,11,29H,4-5,7,9-10H2,1H3,(H,25,30)(H,24,26,27)/t11-/m0/s1. The number of alkyl halides is 3. The van der Waals surface area contributed by atoms with Crippen molar-refractivity contribution in [2.75, 3.05) is 18.5 Å². The van der Waals surface area contributed by atoms with E-state index in [2.05, 4.69) is 20.6 Å². The van der Waals surface area contributed by atoms with Gasteiger partial charge in [-0.05, 0) is 36.6 Å². The molecule has 2 amide bonds. The van der Waals surface area contributed by atoms with Crippen LogP contribution in [0.4, 0.5) is 23.9 Å². The van der Waals surface area contributed by atoms with E-state index in [4.69, 9.17) is 16.7 Å². The molecule has 7 nitrogen and oxygen atoms in total. The van der Waals surface area contributed by atoms with E-state index in [0.29, 0.717) is 30.2 Å². The van der Waals surface area contributed by atoms with Crippen LogP contribution in [0.5, 0.6) is 0 Å². The van der Waals surface area contributed by atoms with Crippen LogP contribution < -0.4 is 10.6 Å². The highest BCUT2D eigenvalue weighted by Gasteiger charge is 2.31. The molecule has 1 atom stereocenters. The molecule has 2 heterocycles. The molecule has 1 aliphatic rings. The summed E-state index contributed by atoms with van der Waals surface area (Å²) in [5, 5.41) is 14.7. The number of hydrogen-bond acceptors (Lipinski definition) is 5. The molecule has 0 radical (unpaired) electrons. The summed E-state index contributed by atoms with van der Waals surface area (Å²) in [5.74, 6) is 0.370. The van der Waals surface area contributed by atoms with E-state index in [1.807, 2.05) is 0 Å². The molecule has 1 aromatic heterocycles. The molecule has 0 spiro atoms. The van der Waals surface area contributed by atoms with Crippen LogP contribution in [-0.4, -0.2) is 45.2 Å². The van der Waals surface area contributed by atoms with Crippen molar-refractivity contribution >= 4 is 23.6 Å². The summed E-state index contributed by atoms with van der Waals surface area (Å²) in [4.78, 5) is 22.7. The van der Waals surface area contributed by atoms with Crippen molar-refractivity contribution in [3.63, 3.8) is 0 Å². The first-order valence-electron chi connectivity index (χ1n) is 9.28. The van der Waals surface area contributed by atoms with Crippen molar-refractivity contribution in [1.29, 1.82) is 0 Å². The van der Waals surface area contributed by atoms with Gasteiger partial charge in [0.15, 0.2) is 0 Å². The summed E-state index contributed by atoms with van der Waals surface area (Å²) in [6, 6.07) is 2.46. The zero-order valence-electron chi connectivity index (χ0n) is 16.1. The van der Waals surface area contributed by atoms with Gasteiger partial charge in [0.05, 0.1) is 24.4 Å². The SMILES string of the molecule is C[C@@H](CO)Nc1ncc2c(n1)CN(C(=O)NCc1ccc(C(F)(F)F)cc1Cl)CC2. The second-order valence-corrected chi connectivity index (χ2v) is 7.43. The lowest BCUT2D eigenvalue weighted by Crippen LogP contribution is -2.43. The second kappa shape index (κ2) is 9.05. The molecule has 11 heteroatoms. The third-order valence-electron chi connectivity index (χ3n) is 4.69. The molecular weight excluding hydrogens is 423 g/mol. The van der Waals surface area contributed by atoms with Crippen LogP contribution in [0, 0.1) is 0 Å². The average molecular weight is 444 g/mol. The molecule has 3 N–H and O–H groups in total. The van der Waals surface area contributed by atoms with Crippen LogP contribution in [0.2, 0.25) is 5.02 Å². The molecule has 0 unspecified atom stereocenters. The quantitative estimate of drug-likeness (QED) is 0.660. The van der Waals surface area contributed by atoms with Crippen LogP contribution in [-0.2, 0) is 25.7 Å². The highest BCUT2D eigenvalue weighted by Crippen LogP contribution is 2.32. The van der Waals surface area contributed by atoms with Gasteiger partial charge in [0.2, 0.25) is 5.95 Å². The number of aromatic nitrogens is 2. The normalized spacial score (nSPS) is 14.8. The molecule has 30 heavy (non-hydrogen) atoms. The maximum Gasteiger partial charge on any atom is 0.416 e. The number of carbonyl (C=O) groups is 1. The molecule has 162 valence electrons. The van der Waals surface area contributed by atoms with Crippen LogP contribution in [0.3, 0.4) is 0 Å². The third kappa shape index (κ3) is 5.31. The zero-order valence-corrected chi connectivity index (χ0v) is 16.9. The number of urea groups is 1. The van der Waals surface area contributed by atoms with Crippen molar-refractivity contribution in [2.45, 2.75) is 38.7 Å². The molecular formula is C19H21ClF3N5O2. The topological polar surface area (TPSA) is 90.4 Å². The highest BCUT2D eigenvalue weighted by atomic mass is 35.5. The zero-order chi connectivity index (χ0) is 21.9. The number of benzene rings is 1. The Labute approximate surface area is 176 Å². The Morgan fingerprint density at radius 1 is 1.40 bits per heavy atom. The Morgan fingerprint density at radius 2 is 2.17 bits per heavy atom. The number of anilines is 1. The Morgan fingerprint density at radius 3 is 2.83 bits per heavy atom. The van der Waals surface area contributed by atoms with Crippen LogP contribution in [0.25, 0.3) is 0 Å². The lowest BCUT2D eigenvalue weighted by molar-refractivity contribution is -0.137. The summed E-state index contributed by atoms with van der Waals surface area (Å²) in [6.07, 6.45) is -2.19. The van der Waals surface area contributed by atoms with Gasteiger partial charge in [-0.1, -0.05) is 17.7 Å². The van der Waals surface area contributed by atoms with Crippen molar-refractivity contribution < 1.29 is 23.1 Å². The fraction of sp³-hybridized carbons (Fsp3) is 0.421. The largest absolute Gasteiger partial charge is 0.416 e. The summed E-state index contributed by atoms with van der Waals surface area (Å²) in [7, 11) is 0. The minimum absolute atomic E-state index is 0.00373. The van der Waals surface area contributed by atoms with Gasteiger partial charge in [-0.15, -0.1) is 0 Å². The van der Waals surface area contributed by atoms with E-state index >= 15 is 0 Å². The van der Waals surface area contributed by atoms with Gasteiger partial charge in [0.1, 0.15) is 0 Å². The van der Waals surface area contributed by atoms with E-state index in [1.54, 1.807) is 18.0 Å². The maximum absolute atomic E-state index is 12.7. The van der Waals surface area contributed by atoms with Crippen molar-refractivity contribution in [3.8, 4) is 0 Å². The number of fused-ring (bicyclic) bond motifs is 1. The molecule has 1 aliphatic heterocycles. The summed E-state index contributed by atoms with van der Waals surface area (Å²) < 4.78 is 38.2. The van der Waals surface area contributed by atoms with Crippen molar-refractivity contribution in [1.82, 2.24) is 20.2 Å². The van der Waals surface area contributed by atoms with Gasteiger partial charge < -0.3 is 20.6 Å². The number of aliphatic hydroxyl groups excluding tert-OH is 1. The van der Waals surface area contributed by atoms with Gasteiger partial charge in [-0.25, -0.2) is 14.8 Å². The minimum Gasteiger partial charge on any atom is -0.394 e. The number of aliphatic hydroxyl groups is 1. The van der Waals surface area contributed by atoms with Crippen LogP contribution in [0.1, 0.15) is 29.3 Å². The van der Waals surface area contributed by atoms with Crippen molar-refractivity contribution in [2.24, 2.45) is 0 Å². The second-order valence-electron chi connectivity index (χ2n) is 7.03. The third-order valence-corrected chi connectivity index (χ3v) is 5.04. The summed E-state index contributed by atoms with van der Waals surface area (Å²) in [5.41, 5.74) is 1.19. The predicted octanol–water partition coefficient (Wildman–Crippen LogP) is 3.21. The first-order valence-corrected chi connectivity index (χ1v) is 9.65. The smallest absolute Gasteiger partial charge is 0.394 e. The van der Waals surface area contributed by atoms with Crippen LogP contribution >= 0.6 is 11.6 Å². The van der Waals surface area contributed by atoms with E-state index in [0.717, 1.165) is 17.7 Å². The Bertz CT molecular complexity index is 926. The Hall–Kier alpha value is -2.59. The molecule has 1 aromatic carbocycles.